The molecule has 0 bridgehead atoms. The first-order valence-electron chi connectivity index (χ1n) is 7.07. The van der Waals surface area contributed by atoms with Gasteiger partial charge in [-0.3, -0.25) is 4.79 Å². The molecule has 1 aliphatic rings. The Balaban J connectivity index is 2.52. The number of methoxy groups -OCH3 is 2. The fraction of sp³-hybridized carbons (Fsp3) is 0.471. The van der Waals surface area contributed by atoms with Crippen molar-refractivity contribution in [1.82, 2.24) is 0 Å². The van der Waals surface area contributed by atoms with E-state index in [0.29, 0.717) is 5.75 Å². The minimum Gasteiger partial charge on any atom is -0.496 e. The van der Waals surface area contributed by atoms with E-state index in [1.807, 2.05) is 31.2 Å². The van der Waals surface area contributed by atoms with Crippen LogP contribution >= 0.6 is 0 Å². The van der Waals surface area contributed by atoms with Crippen molar-refractivity contribution < 1.29 is 14.3 Å². The molecule has 0 radical (unpaired) electrons. The Kier molecular flexibility index (Phi) is 4.29. The van der Waals surface area contributed by atoms with Crippen LogP contribution < -0.4 is 4.74 Å². The van der Waals surface area contributed by atoms with Crippen LogP contribution in [0.2, 0.25) is 0 Å². The van der Waals surface area contributed by atoms with Gasteiger partial charge in [0.05, 0.1) is 7.11 Å². The number of hydrogen-bond donors (Lipinski definition) is 0. The van der Waals surface area contributed by atoms with Crippen molar-refractivity contribution in [2.75, 3.05) is 14.2 Å². The average Bonchev–Trinajstić information content (AvgIpc) is 2.50. The molecule has 0 spiro atoms. The maximum atomic E-state index is 12.5. The Labute approximate surface area is 120 Å². The zero-order valence-corrected chi connectivity index (χ0v) is 12.7. The van der Waals surface area contributed by atoms with Gasteiger partial charge in [0.15, 0.2) is 11.4 Å². The van der Waals surface area contributed by atoms with Gasteiger partial charge in [-0.05, 0) is 37.0 Å². The molecule has 0 heterocycles. The van der Waals surface area contributed by atoms with E-state index in [-0.39, 0.29) is 5.78 Å². The maximum absolute atomic E-state index is 12.5. The third kappa shape index (κ3) is 1.97. The Morgan fingerprint density at radius 3 is 2.50 bits per heavy atom. The highest BCUT2D eigenvalue weighted by molar-refractivity contribution is 6.12. The molecular weight excluding hydrogens is 252 g/mol. The predicted molar refractivity (Wildman–Crippen MR) is 78.9 cm³/mol. The van der Waals surface area contributed by atoms with Crippen molar-refractivity contribution in [2.45, 2.75) is 38.7 Å². The molecule has 0 saturated heterocycles. The van der Waals surface area contributed by atoms with Gasteiger partial charge in [-0.25, -0.2) is 0 Å². The topological polar surface area (TPSA) is 35.5 Å². The molecule has 0 N–H and O–H groups in total. The lowest BCUT2D eigenvalue weighted by Gasteiger charge is -2.43. The second kappa shape index (κ2) is 5.80. The number of Topliss-reactive ketones (excluding diaryl/α,β-unsaturated/α-hetero) is 1. The maximum Gasteiger partial charge on any atom is 0.199 e. The minimum atomic E-state index is -0.939. The van der Waals surface area contributed by atoms with Gasteiger partial charge in [-0.1, -0.05) is 31.5 Å². The van der Waals surface area contributed by atoms with E-state index in [9.17, 15) is 4.79 Å². The average molecular weight is 274 g/mol. The van der Waals surface area contributed by atoms with E-state index >= 15 is 0 Å². The number of para-hydroxylation sites is 1. The number of ketones is 1. The van der Waals surface area contributed by atoms with Gasteiger partial charge in [0.2, 0.25) is 0 Å². The summed E-state index contributed by atoms with van der Waals surface area (Å²) in [4.78, 5) is 12.5. The molecule has 1 aliphatic carbocycles. The van der Waals surface area contributed by atoms with Crippen LogP contribution in [0.1, 0.15) is 38.7 Å². The monoisotopic (exact) mass is 274 g/mol. The molecule has 1 aromatic rings. The van der Waals surface area contributed by atoms with Crippen molar-refractivity contribution in [3.63, 3.8) is 0 Å². The summed E-state index contributed by atoms with van der Waals surface area (Å²) in [5.41, 5.74) is 1.81. The van der Waals surface area contributed by atoms with E-state index in [2.05, 4.69) is 6.92 Å². The van der Waals surface area contributed by atoms with Gasteiger partial charge in [0.1, 0.15) is 5.75 Å². The largest absolute Gasteiger partial charge is 0.496 e. The van der Waals surface area contributed by atoms with Crippen LogP contribution in [-0.4, -0.2) is 20.0 Å². The van der Waals surface area contributed by atoms with Gasteiger partial charge in [0.25, 0.3) is 0 Å². The number of hydrogen-bond acceptors (Lipinski definition) is 3. The van der Waals surface area contributed by atoms with Gasteiger partial charge < -0.3 is 9.47 Å². The zero-order valence-electron chi connectivity index (χ0n) is 12.7. The molecule has 0 aliphatic heterocycles. The Bertz CT molecular complexity index is 545. The molecule has 1 atom stereocenters. The second-order valence-electron chi connectivity index (χ2n) is 5.12. The highest BCUT2D eigenvalue weighted by Gasteiger charge is 2.54. The summed E-state index contributed by atoms with van der Waals surface area (Å²) < 4.78 is 11.1. The number of carbonyl (C=O) groups excluding carboxylic acids is 1. The quantitative estimate of drug-likeness (QED) is 0.794. The Morgan fingerprint density at radius 2 is 1.90 bits per heavy atom. The Morgan fingerprint density at radius 1 is 1.20 bits per heavy atom. The summed E-state index contributed by atoms with van der Waals surface area (Å²) in [6.07, 6.45) is 3.04. The summed E-state index contributed by atoms with van der Waals surface area (Å²) >= 11 is 0. The first-order valence-corrected chi connectivity index (χ1v) is 7.07. The lowest BCUT2D eigenvalue weighted by Crippen LogP contribution is -2.49. The summed E-state index contributed by atoms with van der Waals surface area (Å²) in [7, 11) is 3.22. The van der Waals surface area contributed by atoms with Crippen molar-refractivity contribution in [1.29, 1.82) is 0 Å². The Hall–Kier alpha value is -1.61. The lowest BCUT2D eigenvalue weighted by molar-refractivity contribution is -0.139. The standard InChI is InChI=1S/C17H22O3/c1-5-6-9-13-12(2)16(18)17(13,20-4)14-10-7-8-11-15(14)19-3/h7-8,10-11H,5-6,9H2,1-4H3. The molecule has 0 aromatic heterocycles. The van der Waals surface area contributed by atoms with Crippen molar-refractivity contribution >= 4 is 5.78 Å². The van der Waals surface area contributed by atoms with Gasteiger partial charge in [-0.15, -0.1) is 0 Å². The molecule has 20 heavy (non-hydrogen) atoms. The molecule has 1 unspecified atom stereocenters. The van der Waals surface area contributed by atoms with Gasteiger partial charge in [0, 0.05) is 12.7 Å². The minimum absolute atomic E-state index is 0.0515. The van der Waals surface area contributed by atoms with Crippen LogP contribution in [0.3, 0.4) is 0 Å². The third-order valence-electron chi connectivity index (χ3n) is 4.11. The van der Waals surface area contributed by atoms with Crippen LogP contribution in [0.5, 0.6) is 5.75 Å². The van der Waals surface area contributed by atoms with Crippen LogP contribution in [0.15, 0.2) is 35.4 Å². The number of carbonyl (C=O) groups is 1. The highest BCUT2D eigenvalue weighted by atomic mass is 16.5. The van der Waals surface area contributed by atoms with Crippen LogP contribution in [0, 0.1) is 0 Å². The summed E-state index contributed by atoms with van der Waals surface area (Å²) in [5, 5.41) is 0. The summed E-state index contributed by atoms with van der Waals surface area (Å²) in [6.45, 7) is 4.04. The predicted octanol–water partition coefficient (Wildman–Crippen LogP) is 3.63. The normalized spacial score (nSPS) is 21.9. The number of benzene rings is 1. The first-order chi connectivity index (χ1) is 9.63. The summed E-state index contributed by atoms with van der Waals surface area (Å²) in [5.74, 6) is 0.750. The molecule has 0 fully saturated rings. The summed E-state index contributed by atoms with van der Waals surface area (Å²) in [6, 6.07) is 7.60. The second-order valence-corrected chi connectivity index (χ2v) is 5.12. The fourth-order valence-corrected chi connectivity index (χ4v) is 3.00. The molecule has 108 valence electrons. The van der Waals surface area contributed by atoms with E-state index in [4.69, 9.17) is 9.47 Å². The molecule has 0 saturated carbocycles. The smallest absolute Gasteiger partial charge is 0.199 e. The molecular formula is C17H22O3. The van der Waals surface area contributed by atoms with Crippen molar-refractivity contribution in [3.8, 4) is 5.75 Å². The molecule has 3 heteroatoms. The molecule has 0 amide bonds. The molecule has 1 aromatic carbocycles. The van der Waals surface area contributed by atoms with Crippen molar-refractivity contribution in [2.24, 2.45) is 0 Å². The van der Waals surface area contributed by atoms with Crippen LogP contribution in [-0.2, 0) is 15.1 Å². The number of rotatable bonds is 6. The van der Waals surface area contributed by atoms with E-state index in [1.54, 1.807) is 14.2 Å². The molecule has 3 nitrogen and oxygen atoms in total. The number of ether oxygens (including phenoxy) is 2. The molecule has 2 rings (SSSR count). The first kappa shape index (κ1) is 14.8. The zero-order chi connectivity index (χ0) is 14.8. The number of unbranched alkanes of at least 4 members (excludes halogenated alkanes) is 1. The fourth-order valence-electron chi connectivity index (χ4n) is 3.00. The highest BCUT2D eigenvalue weighted by Crippen LogP contribution is 2.50. The SMILES string of the molecule is CCCCC1=C(C)C(=O)C1(OC)c1ccccc1OC. The van der Waals surface area contributed by atoms with Crippen LogP contribution in [0.4, 0.5) is 0 Å². The van der Waals surface area contributed by atoms with Gasteiger partial charge >= 0.3 is 0 Å². The van der Waals surface area contributed by atoms with E-state index in [1.165, 1.54) is 0 Å². The lowest BCUT2D eigenvalue weighted by atomic mass is 9.66. The van der Waals surface area contributed by atoms with Crippen molar-refractivity contribution in [3.05, 3.63) is 41.0 Å². The van der Waals surface area contributed by atoms with Gasteiger partial charge in [-0.2, -0.15) is 0 Å². The van der Waals surface area contributed by atoms with Crippen LogP contribution in [0.25, 0.3) is 0 Å². The third-order valence-corrected chi connectivity index (χ3v) is 4.11. The van der Waals surface area contributed by atoms with E-state index < -0.39 is 5.60 Å². The van der Waals surface area contributed by atoms with E-state index in [0.717, 1.165) is 36.0 Å².